The molecule has 1 amide bonds. The number of carboxylic acid groups (broad SMARTS) is 1. The minimum atomic E-state index is -1.06. The van der Waals surface area contributed by atoms with Gasteiger partial charge in [-0.1, -0.05) is 0 Å². The third-order valence-corrected chi connectivity index (χ3v) is 3.56. The maximum atomic E-state index is 12.7. The summed E-state index contributed by atoms with van der Waals surface area (Å²) in [5, 5.41) is 8.97. The van der Waals surface area contributed by atoms with E-state index in [0.717, 1.165) is 12.1 Å². The lowest BCUT2D eigenvalue weighted by molar-refractivity contribution is -0.143. The third-order valence-electron chi connectivity index (χ3n) is 3.56. The fourth-order valence-electron chi connectivity index (χ4n) is 2.42. The summed E-state index contributed by atoms with van der Waals surface area (Å²) in [5.74, 6) is -1.51. The first-order valence-corrected chi connectivity index (χ1v) is 6.91. The Balaban J connectivity index is 1.81. The fraction of sp³-hybridized carbons (Fsp3) is 0.400. The minimum absolute atomic E-state index is 0.0665. The molecule has 0 aliphatic carbocycles. The summed E-state index contributed by atoms with van der Waals surface area (Å²) in [5.41, 5.74) is 0.252. The van der Waals surface area contributed by atoms with Crippen molar-refractivity contribution < 1.29 is 28.6 Å². The summed E-state index contributed by atoms with van der Waals surface area (Å²) in [6, 6.07) is 4.53. The number of amides is 1. The Kier molecular flexibility index (Phi) is 5.08. The van der Waals surface area contributed by atoms with E-state index in [1.54, 1.807) is 0 Å². The van der Waals surface area contributed by atoms with E-state index in [0.29, 0.717) is 19.4 Å². The molecule has 1 aliphatic rings. The van der Waals surface area contributed by atoms with E-state index >= 15 is 0 Å². The van der Waals surface area contributed by atoms with Gasteiger partial charge in [0.05, 0.1) is 6.42 Å². The maximum Gasteiger partial charge on any atom is 0.407 e. The number of benzene rings is 1. The molecule has 0 spiro atoms. The molecule has 1 aromatic rings. The number of hydrogen-bond acceptors (Lipinski definition) is 4. The first kappa shape index (κ1) is 15.9. The molecule has 1 aromatic carbocycles. The molecule has 2 rings (SSSR count). The van der Waals surface area contributed by atoms with Crippen LogP contribution in [0.4, 0.5) is 9.18 Å². The van der Waals surface area contributed by atoms with Gasteiger partial charge >= 0.3 is 12.1 Å². The van der Waals surface area contributed by atoms with Gasteiger partial charge in [-0.25, -0.2) is 9.18 Å². The summed E-state index contributed by atoms with van der Waals surface area (Å²) in [6.07, 6.45) is 0.187. The predicted molar refractivity (Wildman–Crippen MR) is 74.1 cm³/mol. The van der Waals surface area contributed by atoms with Crippen molar-refractivity contribution in [2.45, 2.75) is 25.3 Å². The number of ether oxygens (including phenoxy) is 1. The average molecular weight is 309 g/mol. The van der Waals surface area contributed by atoms with Crippen LogP contribution in [-0.4, -0.2) is 47.0 Å². The van der Waals surface area contributed by atoms with Crippen LogP contribution in [0.5, 0.6) is 0 Å². The van der Waals surface area contributed by atoms with Gasteiger partial charge in [-0.3, -0.25) is 9.59 Å². The average Bonchev–Trinajstić information content (AvgIpc) is 2.94. The molecule has 6 nitrogen and oxygen atoms in total. The van der Waals surface area contributed by atoms with Gasteiger partial charge in [-0.2, -0.15) is 0 Å². The van der Waals surface area contributed by atoms with Crippen LogP contribution in [0, 0.1) is 5.82 Å². The molecule has 0 unspecified atom stereocenters. The second kappa shape index (κ2) is 7.02. The standard InChI is InChI=1S/C15H16FNO5/c16-11-5-3-10(4-6-11)13(18)9-22-14(19)8-12-2-1-7-17(12)15(20)21/h3-6,12H,1-2,7-9H2,(H,20,21)/t12-/m0/s1. The molecule has 1 heterocycles. The topological polar surface area (TPSA) is 83.9 Å². The molecule has 1 saturated heterocycles. The molecule has 118 valence electrons. The summed E-state index contributed by atoms with van der Waals surface area (Å²) in [7, 11) is 0. The molecular weight excluding hydrogens is 293 g/mol. The molecule has 0 saturated carbocycles. The second-order valence-corrected chi connectivity index (χ2v) is 5.07. The first-order valence-electron chi connectivity index (χ1n) is 6.91. The van der Waals surface area contributed by atoms with E-state index in [2.05, 4.69) is 0 Å². The van der Waals surface area contributed by atoms with Crippen LogP contribution >= 0.6 is 0 Å². The Morgan fingerprint density at radius 1 is 1.27 bits per heavy atom. The van der Waals surface area contributed by atoms with Crippen molar-refractivity contribution in [3.05, 3.63) is 35.6 Å². The Morgan fingerprint density at radius 3 is 2.59 bits per heavy atom. The van der Waals surface area contributed by atoms with Gasteiger partial charge in [0, 0.05) is 18.2 Å². The fourth-order valence-corrected chi connectivity index (χ4v) is 2.42. The zero-order valence-electron chi connectivity index (χ0n) is 11.8. The van der Waals surface area contributed by atoms with Crippen LogP contribution in [0.15, 0.2) is 24.3 Å². The zero-order valence-corrected chi connectivity index (χ0v) is 11.8. The summed E-state index contributed by atoms with van der Waals surface area (Å²) in [4.78, 5) is 35.6. The van der Waals surface area contributed by atoms with Crippen molar-refractivity contribution in [1.82, 2.24) is 4.90 Å². The molecular formula is C15H16FNO5. The molecule has 0 aromatic heterocycles. The summed E-state index contributed by atoms with van der Waals surface area (Å²) < 4.78 is 17.6. The first-order chi connectivity index (χ1) is 10.5. The molecule has 1 fully saturated rings. The number of likely N-dealkylation sites (tertiary alicyclic amines) is 1. The van der Waals surface area contributed by atoms with Gasteiger partial charge in [0.25, 0.3) is 0 Å². The number of carbonyl (C=O) groups is 3. The van der Waals surface area contributed by atoms with E-state index in [4.69, 9.17) is 9.84 Å². The molecule has 0 bridgehead atoms. The maximum absolute atomic E-state index is 12.7. The van der Waals surface area contributed by atoms with Crippen LogP contribution < -0.4 is 0 Å². The highest BCUT2D eigenvalue weighted by molar-refractivity contribution is 5.97. The molecule has 0 radical (unpaired) electrons. The highest BCUT2D eigenvalue weighted by atomic mass is 19.1. The van der Waals surface area contributed by atoms with Gasteiger partial charge in [-0.05, 0) is 37.1 Å². The van der Waals surface area contributed by atoms with Crippen molar-refractivity contribution in [3.63, 3.8) is 0 Å². The van der Waals surface area contributed by atoms with Crippen LogP contribution in [-0.2, 0) is 9.53 Å². The zero-order chi connectivity index (χ0) is 16.1. The Hall–Kier alpha value is -2.44. The van der Waals surface area contributed by atoms with Crippen molar-refractivity contribution in [2.75, 3.05) is 13.2 Å². The lowest BCUT2D eigenvalue weighted by Gasteiger charge is -2.20. The van der Waals surface area contributed by atoms with Gasteiger partial charge in [-0.15, -0.1) is 0 Å². The SMILES string of the molecule is O=C(C[C@@H]1CCCN1C(=O)O)OCC(=O)c1ccc(F)cc1. The van der Waals surface area contributed by atoms with Crippen molar-refractivity contribution in [2.24, 2.45) is 0 Å². The van der Waals surface area contributed by atoms with Crippen LogP contribution in [0.1, 0.15) is 29.6 Å². The van der Waals surface area contributed by atoms with E-state index in [1.165, 1.54) is 17.0 Å². The van der Waals surface area contributed by atoms with Crippen molar-refractivity contribution in [3.8, 4) is 0 Å². The number of esters is 1. The number of carbonyl (C=O) groups excluding carboxylic acids is 2. The number of rotatable bonds is 5. The third kappa shape index (κ3) is 4.03. The Morgan fingerprint density at radius 2 is 1.95 bits per heavy atom. The Bertz CT molecular complexity index is 572. The number of hydrogen-bond donors (Lipinski definition) is 1. The van der Waals surface area contributed by atoms with E-state index in [9.17, 15) is 18.8 Å². The normalized spacial score (nSPS) is 17.3. The monoisotopic (exact) mass is 309 g/mol. The summed E-state index contributed by atoms with van der Waals surface area (Å²) in [6.45, 7) is -0.0357. The van der Waals surface area contributed by atoms with E-state index in [-0.39, 0.29) is 12.0 Å². The second-order valence-electron chi connectivity index (χ2n) is 5.07. The highest BCUT2D eigenvalue weighted by Crippen LogP contribution is 2.20. The van der Waals surface area contributed by atoms with Crippen LogP contribution in [0.25, 0.3) is 0 Å². The molecule has 7 heteroatoms. The predicted octanol–water partition coefficient (Wildman–Crippen LogP) is 2.08. The quantitative estimate of drug-likeness (QED) is 0.665. The number of ketones is 1. The summed E-state index contributed by atoms with van der Waals surface area (Å²) >= 11 is 0. The largest absolute Gasteiger partial charge is 0.465 e. The van der Waals surface area contributed by atoms with Gasteiger partial charge in [0.1, 0.15) is 5.82 Å². The van der Waals surface area contributed by atoms with Gasteiger partial charge in [0.15, 0.2) is 12.4 Å². The molecule has 1 atom stereocenters. The Labute approximate surface area is 126 Å². The number of Topliss-reactive ketones (excluding diaryl/α,β-unsaturated/α-hetero) is 1. The highest BCUT2D eigenvalue weighted by Gasteiger charge is 2.30. The smallest absolute Gasteiger partial charge is 0.407 e. The van der Waals surface area contributed by atoms with Gasteiger partial charge in [0.2, 0.25) is 0 Å². The molecule has 1 N–H and O–H groups in total. The minimum Gasteiger partial charge on any atom is -0.465 e. The number of halogens is 1. The van der Waals surface area contributed by atoms with Crippen molar-refractivity contribution in [1.29, 1.82) is 0 Å². The van der Waals surface area contributed by atoms with E-state index < -0.39 is 36.3 Å². The van der Waals surface area contributed by atoms with E-state index in [1.807, 2.05) is 0 Å². The van der Waals surface area contributed by atoms with Crippen molar-refractivity contribution >= 4 is 17.8 Å². The number of nitrogens with zero attached hydrogens (tertiary/aromatic N) is 1. The lowest BCUT2D eigenvalue weighted by atomic mass is 10.1. The van der Waals surface area contributed by atoms with Crippen LogP contribution in [0.3, 0.4) is 0 Å². The van der Waals surface area contributed by atoms with Gasteiger partial charge < -0.3 is 14.7 Å². The van der Waals surface area contributed by atoms with Crippen LogP contribution in [0.2, 0.25) is 0 Å². The molecule has 1 aliphatic heterocycles. The lowest BCUT2D eigenvalue weighted by Crippen LogP contribution is -2.36. The molecule has 22 heavy (non-hydrogen) atoms.